The van der Waals surface area contributed by atoms with Gasteiger partial charge in [0.1, 0.15) is 5.75 Å². The molecule has 6 heteroatoms. The third-order valence-electron chi connectivity index (χ3n) is 3.81. The lowest BCUT2D eigenvalue weighted by atomic mass is 10.0. The summed E-state index contributed by atoms with van der Waals surface area (Å²) < 4.78 is 10.5. The Kier molecular flexibility index (Phi) is 6.45. The van der Waals surface area contributed by atoms with Crippen LogP contribution in [0.25, 0.3) is 5.57 Å². The van der Waals surface area contributed by atoms with Gasteiger partial charge in [-0.3, -0.25) is 9.69 Å². The topological polar surface area (TPSA) is 50.8 Å². The Bertz CT molecular complexity index is 583. The fourth-order valence-electron chi connectivity index (χ4n) is 2.50. The van der Waals surface area contributed by atoms with E-state index in [4.69, 9.17) is 21.1 Å². The van der Waals surface area contributed by atoms with Crippen LogP contribution in [-0.4, -0.2) is 57.3 Å². The van der Waals surface area contributed by atoms with Gasteiger partial charge in [-0.15, -0.1) is 0 Å². The largest absolute Gasteiger partial charge is 0.495 e. The number of amides is 1. The van der Waals surface area contributed by atoms with Crippen LogP contribution in [0.15, 0.2) is 18.7 Å². The van der Waals surface area contributed by atoms with Gasteiger partial charge in [0.25, 0.3) is 5.91 Å². The summed E-state index contributed by atoms with van der Waals surface area (Å²) in [6.07, 6.45) is 0. The van der Waals surface area contributed by atoms with E-state index in [1.807, 2.05) is 6.92 Å². The average molecular weight is 339 g/mol. The zero-order chi connectivity index (χ0) is 16.8. The number of benzene rings is 1. The number of nitrogens with one attached hydrogen (secondary N) is 1. The van der Waals surface area contributed by atoms with Crippen LogP contribution < -0.4 is 10.1 Å². The van der Waals surface area contributed by atoms with Crippen LogP contribution in [0, 0.1) is 0 Å². The Morgan fingerprint density at radius 3 is 2.70 bits per heavy atom. The number of rotatable bonds is 6. The van der Waals surface area contributed by atoms with E-state index in [-0.39, 0.29) is 5.91 Å². The summed E-state index contributed by atoms with van der Waals surface area (Å²) in [6.45, 7) is 10.5. The highest BCUT2D eigenvalue weighted by molar-refractivity contribution is 6.32. The first-order valence-corrected chi connectivity index (χ1v) is 8.02. The highest BCUT2D eigenvalue weighted by Gasteiger charge is 2.16. The van der Waals surface area contributed by atoms with E-state index in [9.17, 15) is 4.79 Å². The molecule has 1 heterocycles. The van der Waals surface area contributed by atoms with E-state index in [1.165, 1.54) is 0 Å². The summed E-state index contributed by atoms with van der Waals surface area (Å²) in [7, 11) is 1.55. The molecule has 5 nitrogen and oxygen atoms in total. The average Bonchev–Trinajstić information content (AvgIpc) is 2.55. The lowest BCUT2D eigenvalue weighted by molar-refractivity contribution is 0.0383. The van der Waals surface area contributed by atoms with Gasteiger partial charge < -0.3 is 14.8 Å². The molecule has 1 aromatic carbocycles. The van der Waals surface area contributed by atoms with Crippen LogP contribution in [0.4, 0.5) is 0 Å². The summed E-state index contributed by atoms with van der Waals surface area (Å²) in [5, 5.41) is 3.36. The van der Waals surface area contributed by atoms with Crippen molar-refractivity contribution in [2.24, 2.45) is 0 Å². The fourth-order valence-corrected chi connectivity index (χ4v) is 2.74. The number of ether oxygens (including phenoxy) is 2. The zero-order valence-corrected chi connectivity index (χ0v) is 14.4. The second-order valence-corrected chi connectivity index (χ2v) is 5.93. The molecular weight excluding hydrogens is 316 g/mol. The SMILES string of the molecule is C=C(C)c1cc(OC)c(Cl)cc1C(=O)NCCN1CCOCC1. The third-order valence-corrected chi connectivity index (χ3v) is 4.11. The molecule has 1 aromatic rings. The molecule has 0 unspecified atom stereocenters. The van der Waals surface area contributed by atoms with Gasteiger partial charge in [0.15, 0.2) is 0 Å². The number of hydrogen-bond acceptors (Lipinski definition) is 4. The van der Waals surface area contributed by atoms with Gasteiger partial charge in [0, 0.05) is 31.7 Å². The number of hydrogen-bond donors (Lipinski definition) is 1. The first kappa shape index (κ1) is 17.8. The van der Waals surface area contributed by atoms with Crippen LogP contribution in [-0.2, 0) is 4.74 Å². The van der Waals surface area contributed by atoms with Crippen LogP contribution in [0.3, 0.4) is 0 Å². The van der Waals surface area contributed by atoms with Gasteiger partial charge in [-0.1, -0.05) is 23.8 Å². The van der Waals surface area contributed by atoms with E-state index in [0.29, 0.717) is 22.9 Å². The molecule has 0 aliphatic carbocycles. The molecule has 2 rings (SSSR count). The zero-order valence-electron chi connectivity index (χ0n) is 13.7. The van der Waals surface area contributed by atoms with Crippen LogP contribution in [0.5, 0.6) is 5.75 Å². The Morgan fingerprint density at radius 1 is 1.39 bits per heavy atom. The molecule has 0 aromatic heterocycles. The summed E-state index contributed by atoms with van der Waals surface area (Å²) in [4.78, 5) is 14.7. The lowest BCUT2D eigenvalue weighted by Crippen LogP contribution is -2.41. The normalized spacial score (nSPS) is 15.3. The van der Waals surface area contributed by atoms with Gasteiger partial charge in [-0.05, 0) is 24.6 Å². The van der Waals surface area contributed by atoms with Crippen molar-refractivity contribution < 1.29 is 14.3 Å². The third kappa shape index (κ3) is 4.70. The summed E-state index contributed by atoms with van der Waals surface area (Å²) >= 11 is 6.15. The summed E-state index contributed by atoms with van der Waals surface area (Å²) in [6, 6.07) is 3.38. The highest BCUT2D eigenvalue weighted by atomic mass is 35.5. The van der Waals surface area contributed by atoms with Crippen molar-refractivity contribution in [3.05, 3.63) is 34.9 Å². The predicted octanol–water partition coefficient (Wildman–Crippen LogP) is 2.44. The highest BCUT2D eigenvalue weighted by Crippen LogP contribution is 2.31. The van der Waals surface area contributed by atoms with Crippen molar-refractivity contribution in [3.8, 4) is 5.75 Å². The van der Waals surface area contributed by atoms with Gasteiger partial charge >= 0.3 is 0 Å². The van der Waals surface area contributed by atoms with Gasteiger partial charge in [0.2, 0.25) is 0 Å². The van der Waals surface area contributed by atoms with E-state index >= 15 is 0 Å². The molecule has 0 atom stereocenters. The quantitative estimate of drug-likeness (QED) is 0.865. The van der Waals surface area contributed by atoms with Gasteiger partial charge in [-0.2, -0.15) is 0 Å². The molecule has 0 saturated carbocycles. The number of allylic oxidation sites excluding steroid dienone is 1. The Balaban J connectivity index is 2.03. The number of nitrogens with zero attached hydrogens (tertiary/aromatic N) is 1. The molecule has 1 fully saturated rings. The maximum Gasteiger partial charge on any atom is 0.252 e. The van der Waals surface area contributed by atoms with Crippen molar-refractivity contribution in [1.29, 1.82) is 0 Å². The fraction of sp³-hybridized carbons (Fsp3) is 0.471. The van der Waals surface area contributed by atoms with E-state index in [0.717, 1.165) is 44.0 Å². The standard InChI is InChI=1S/C17H23ClN2O3/c1-12(2)13-11-16(22-3)15(18)10-14(13)17(21)19-4-5-20-6-8-23-9-7-20/h10-11H,1,4-9H2,2-3H3,(H,19,21). The van der Waals surface area contributed by atoms with Crippen LogP contribution in [0.1, 0.15) is 22.8 Å². The van der Waals surface area contributed by atoms with Crippen LogP contribution in [0.2, 0.25) is 5.02 Å². The molecule has 1 saturated heterocycles. The molecule has 126 valence electrons. The minimum atomic E-state index is -0.152. The van der Waals surface area contributed by atoms with Crippen molar-refractivity contribution in [1.82, 2.24) is 10.2 Å². The van der Waals surface area contributed by atoms with E-state index in [1.54, 1.807) is 19.2 Å². The Hall–Kier alpha value is -1.56. The summed E-state index contributed by atoms with van der Waals surface area (Å²) in [5.41, 5.74) is 2.05. The number of morpholine rings is 1. The monoisotopic (exact) mass is 338 g/mol. The number of carbonyl (C=O) groups is 1. The molecular formula is C17H23ClN2O3. The molecule has 1 N–H and O–H groups in total. The Morgan fingerprint density at radius 2 is 2.09 bits per heavy atom. The molecule has 23 heavy (non-hydrogen) atoms. The molecule has 0 bridgehead atoms. The Labute approximate surface area is 142 Å². The lowest BCUT2D eigenvalue weighted by Gasteiger charge is -2.26. The van der Waals surface area contributed by atoms with Crippen molar-refractivity contribution in [2.75, 3.05) is 46.5 Å². The molecule has 0 spiro atoms. The predicted molar refractivity (Wildman–Crippen MR) is 92.3 cm³/mol. The van der Waals surface area contributed by atoms with E-state index < -0.39 is 0 Å². The molecule has 1 amide bonds. The maximum absolute atomic E-state index is 12.5. The van der Waals surface area contributed by atoms with Crippen molar-refractivity contribution in [3.63, 3.8) is 0 Å². The molecule has 1 aliphatic rings. The number of carbonyl (C=O) groups excluding carboxylic acids is 1. The van der Waals surface area contributed by atoms with Gasteiger partial charge in [0.05, 0.1) is 25.3 Å². The summed E-state index contributed by atoms with van der Waals surface area (Å²) in [5.74, 6) is 0.385. The second kappa shape index (κ2) is 8.34. The first-order valence-electron chi connectivity index (χ1n) is 7.64. The number of methoxy groups -OCH3 is 1. The van der Waals surface area contributed by atoms with E-state index in [2.05, 4.69) is 16.8 Å². The molecule has 1 aliphatic heterocycles. The van der Waals surface area contributed by atoms with Crippen molar-refractivity contribution in [2.45, 2.75) is 6.92 Å². The van der Waals surface area contributed by atoms with Crippen LogP contribution >= 0.6 is 11.6 Å². The minimum Gasteiger partial charge on any atom is -0.495 e. The maximum atomic E-state index is 12.5. The first-order chi connectivity index (χ1) is 11.0. The van der Waals surface area contributed by atoms with Crippen molar-refractivity contribution >= 4 is 23.1 Å². The molecule has 0 radical (unpaired) electrons. The second-order valence-electron chi connectivity index (χ2n) is 5.52. The van der Waals surface area contributed by atoms with Gasteiger partial charge in [-0.25, -0.2) is 0 Å². The minimum absolute atomic E-state index is 0.152. The number of halogens is 1. The smallest absolute Gasteiger partial charge is 0.252 e.